The van der Waals surface area contributed by atoms with Crippen molar-refractivity contribution in [3.63, 3.8) is 0 Å². The highest BCUT2D eigenvalue weighted by Crippen LogP contribution is 2.27. The van der Waals surface area contributed by atoms with Crippen LogP contribution < -0.4 is 5.32 Å². The van der Waals surface area contributed by atoms with Gasteiger partial charge in [0.2, 0.25) is 11.8 Å². The number of carbonyl (C=O) groups is 2. The van der Waals surface area contributed by atoms with E-state index in [1.54, 1.807) is 11.8 Å². The summed E-state index contributed by atoms with van der Waals surface area (Å²) in [7, 11) is 0. The van der Waals surface area contributed by atoms with Gasteiger partial charge in [0.15, 0.2) is 0 Å². The van der Waals surface area contributed by atoms with E-state index in [-0.39, 0.29) is 18.2 Å². The van der Waals surface area contributed by atoms with Gasteiger partial charge in [0.1, 0.15) is 0 Å². The van der Waals surface area contributed by atoms with Gasteiger partial charge in [-0.3, -0.25) is 9.59 Å². The first-order chi connectivity index (χ1) is 12.4. The lowest BCUT2D eigenvalue weighted by Gasteiger charge is -2.22. The first kappa shape index (κ1) is 19.7. The zero-order chi connectivity index (χ0) is 19.1. The standard InChI is InChI=1S/C22H28N2O2/c1-16(2)20-12-8-9-17(3)22(20)23-21(26)13-14-24(18(4)25)15-19-10-6-5-7-11-19/h5-12,16H,13-15H2,1-4H3,(H,23,26). The van der Waals surface area contributed by atoms with Crippen LogP contribution in [0.25, 0.3) is 0 Å². The molecule has 4 heteroatoms. The number of anilines is 1. The predicted molar refractivity (Wildman–Crippen MR) is 106 cm³/mol. The molecule has 0 spiro atoms. The summed E-state index contributed by atoms with van der Waals surface area (Å²) in [4.78, 5) is 26.1. The van der Waals surface area contributed by atoms with Crippen LogP contribution in [0.15, 0.2) is 48.5 Å². The van der Waals surface area contributed by atoms with Gasteiger partial charge in [0.25, 0.3) is 0 Å². The zero-order valence-corrected chi connectivity index (χ0v) is 16.1. The molecule has 0 aliphatic rings. The van der Waals surface area contributed by atoms with Gasteiger partial charge >= 0.3 is 0 Å². The van der Waals surface area contributed by atoms with Crippen LogP contribution in [0.2, 0.25) is 0 Å². The maximum absolute atomic E-state index is 12.5. The third kappa shape index (κ3) is 5.45. The van der Waals surface area contributed by atoms with E-state index in [1.165, 1.54) is 0 Å². The van der Waals surface area contributed by atoms with Gasteiger partial charge in [-0.25, -0.2) is 0 Å². The Morgan fingerprint density at radius 1 is 1.04 bits per heavy atom. The van der Waals surface area contributed by atoms with Crippen LogP contribution >= 0.6 is 0 Å². The Labute approximate surface area is 156 Å². The summed E-state index contributed by atoms with van der Waals surface area (Å²) in [5.41, 5.74) is 4.14. The third-order valence-corrected chi connectivity index (χ3v) is 4.46. The van der Waals surface area contributed by atoms with Gasteiger partial charge < -0.3 is 10.2 Å². The first-order valence-corrected chi connectivity index (χ1v) is 9.07. The van der Waals surface area contributed by atoms with Crippen LogP contribution in [0.3, 0.4) is 0 Å². The van der Waals surface area contributed by atoms with E-state index in [0.29, 0.717) is 19.0 Å². The van der Waals surface area contributed by atoms with E-state index in [9.17, 15) is 9.59 Å². The summed E-state index contributed by atoms with van der Waals surface area (Å²) in [5, 5.41) is 3.04. The normalized spacial score (nSPS) is 10.7. The molecule has 0 saturated heterocycles. The fourth-order valence-corrected chi connectivity index (χ4v) is 2.93. The number of carbonyl (C=O) groups excluding carboxylic acids is 2. The summed E-state index contributed by atoms with van der Waals surface area (Å²) in [6, 6.07) is 15.9. The van der Waals surface area contributed by atoms with Gasteiger partial charge in [-0.2, -0.15) is 0 Å². The summed E-state index contributed by atoms with van der Waals surface area (Å²) in [5.74, 6) is 0.234. The van der Waals surface area contributed by atoms with Gasteiger partial charge in [-0.15, -0.1) is 0 Å². The highest BCUT2D eigenvalue weighted by Gasteiger charge is 2.15. The van der Waals surface area contributed by atoms with Crippen molar-refractivity contribution < 1.29 is 9.59 Å². The lowest BCUT2D eigenvalue weighted by Crippen LogP contribution is -2.31. The molecular formula is C22H28N2O2. The van der Waals surface area contributed by atoms with Gasteiger partial charge in [-0.05, 0) is 29.5 Å². The minimum atomic E-state index is -0.0690. The van der Waals surface area contributed by atoms with Crippen molar-refractivity contribution in [2.75, 3.05) is 11.9 Å². The number of rotatable bonds is 7. The topological polar surface area (TPSA) is 49.4 Å². The minimum absolute atomic E-state index is 0.0274. The van der Waals surface area contributed by atoms with E-state index in [1.807, 2.05) is 55.5 Å². The lowest BCUT2D eigenvalue weighted by molar-refractivity contribution is -0.129. The number of hydrogen-bond acceptors (Lipinski definition) is 2. The van der Waals surface area contributed by atoms with Crippen LogP contribution in [0, 0.1) is 6.92 Å². The van der Waals surface area contributed by atoms with Crippen LogP contribution in [0.1, 0.15) is 49.8 Å². The number of aryl methyl sites for hydroxylation is 1. The first-order valence-electron chi connectivity index (χ1n) is 9.07. The summed E-state index contributed by atoms with van der Waals surface area (Å²) >= 11 is 0. The molecule has 26 heavy (non-hydrogen) atoms. The van der Waals surface area contributed by atoms with Crippen molar-refractivity contribution in [3.05, 3.63) is 65.2 Å². The average Bonchev–Trinajstić information content (AvgIpc) is 2.60. The molecule has 0 radical (unpaired) electrons. The molecule has 2 amide bonds. The third-order valence-electron chi connectivity index (χ3n) is 4.46. The Hall–Kier alpha value is -2.62. The Kier molecular flexibility index (Phi) is 6.96. The second-order valence-electron chi connectivity index (χ2n) is 6.92. The van der Waals surface area contributed by atoms with Crippen molar-refractivity contribution in [3.8, 4) is 0 Å². The maximum atomic E-state index is 12.5. The second-order valence-corrected chi connectivity index (χ2v) is 6.92. The number of nitrogens with one attached hydrogen (secondary N) is 1. The van der Waals surface area contributed by atoms with Crippen molar-refractivity contribution in [2.24, 2.45) is 0 Å². The molecule has 0 heterocycles. The van der Waals surface area contributed by atoms with Gasteiger partial charge in [-0.1, -0.05) is 62.4 Å². The summed E-state index contributed by atoms with van der Waals surface area (Å²) in [6.07, 6.45) is 0.276. The van der Waals surface area contributed by atoms with Crippen LogP contribution in [-0.4, -0.2) is 23.3 Å². The highest BCUT2D eigenvalue weighted by molar-refractivity contribution is 5.92. The molecule has 4 nitrogen and oxygen atoms in total. The van der Waals surface area contributed by atoms with Crippen molar-refractivity contribution >= 4 is 17.5 Å². The number of benzene rings is 2. The SMILES string of the molecule is CC(=O)N(CCC(=O)Nc1c(C)cccc1C(C)C)Cc1ccccc1. The molecule has 0 saturated carbocycles. The Morgan fingerprint density at radius 3 is 2.35 bits per heavy atom. The molecule has 0 unspecified atom stereocenters. The van der Waals surface area contributed by atoms with E-state index in [2.05, 4.69) is 19.2 Å². The number of amides is 2. The molecule has 2 aromatic rings. The molecule has 138 valence electrons. The van der Waals surface area contributed by atoms with Crippen molar-refractivity contribution in [2.45, 2.75) is 46.6 Å². The number of para-hydroxylation sites is 1. The molecule has 2 aromatic carbocycles. The fourth-order valence-electron chi connectivity index (χ4n) is 2.93. The van der Waals surface area contributed by atoms with E-state index in [4.69, 9.17) is 0 Å². The van der Waals surface area contributed by atoms with Gasteiger partial charge in [0.05, 0.1) is 0 Å². The Morgan fingerprint density at radius 2 is 1.73 bits per heavy atom. The zero-order valence-electron chi connectivity index (χ0n) is 16.1. The summed E-state index contributed by atoms with van der Waals surface area (Å²) in [6.45, 7) is 8.69. The Balaban J connectivity index is 2.00. The largest absolute Gasteiger partial charge is 0.338 e. The van der Waals surface area contributed by atoms with Crippen LogP contribution in [0.5, 0.6) is 0 Å². The van der Waals surface area contributed by atoms with Crippen LogP contribution in [-0.2, 0) is 16.1 Å². The minimum Gasteiger partial charge on any atom is -0.338 e. The van der Waals surface area contributed by atoms with E-state index >= 15 is 0 Å². The maximum Gasteiger partial charge on any atom is 0.226 e. The lowest BCUT2D eigenvalue weighted by atomic mass is 9.98. The smallest absolute Gasteiger partial charge is 0.226 e. The van der Waals surface area contributed by atoms with Gasteiger partial charge in [0, 0.05) is 32.1 Å². The molecule has 0 aliphatic heterocycles. The second kappa shape index (κ2) is 9.18. The molecule has 0 fully saturated rings. The van der Waals surface area contributed by atoms with Crippen molar-refractivity contribution in [1.82, 2.24) is 4.90 Å². The van der Waals surface area contributed by atoms with Crippen LogP contribution in [0.4, 0.5) is 5.69 Å². The molecule has 0 atom stereocenters. The average molecular weight is 352 g/mol. The van der Waals surface area contributed by atoms with Crippen molar-refractivity contribution in [1.29, 1.82) is 0 Å². The summed E-state index contributed by atoms with van der Waals surface area (Å²) < 4.78 is 0. The monoisotopic (exact) mass is 352 g/mol. The molecule has 0 bridgehead atoms. The predicted octanol–water partition coefficient (Wildman–Crippen LogP) is 4.50. The molecule has 2 rings (SSSR count). The Bertz CT molecular complexity index is 754. The molecule has 0 aliphatic carbocycles. The fraction of sp³-hybridized carbons (Fsp3) is 0.364. The number of hydrogen-bond donors (Lipinski definition) is 1. The number of nitrogens with zero attached hydrogens (tertiary/aromatic N) is 1. The van der Waals surface area contributed by atoms with E-state index < -0.39 is 0 Å². The van der Waals surface area contributed by atoms with E-state index in [0.717, 1.165) is 22.4 Å². The molecule has 1 N–H and O–H groups in total. The molecular weight excluding hydrogens is 324 g/mol. The highest BCUT2D eigenvalue weighted by atomic mass is 16.2. The molecule has 0 aromatic heterocycles. The quantitative estimate of drug-likeness (QED) is 0.798.